The second-order valence-corrected chi connectivity index (χ2v) is 7.23. The van der Waals surface area contributed by atoms with Crippen molar-refractivity contribution in [1.82, 2.24) is 10.0 Å². The van der Waals surface area contributed by atoms with Crippen LogP contribution in [0.25, 0.3) is 0 Å². The van der Waals surface area contributed by atoms with Crippen LogP contribution in [0.4, 0.5) is 0 Å². The van der Waals surface area contributed by atoms with Crippen molar-refractivity contribution >= 4 is 10.0 Å². The summed E-state index contributed by atoms with van der Waals surface area (Å²) in [4.78, 5) is 0.327. The van der Waals surface area contributed by atoms with E-state index in [1.165, 1.54) is 0 Å². The molecule has 5 nitrogen and oxygen atoms in total. The van der Waals surface area contributed by atoms with Crippen molar-refractivity contribution in [1.29, 1.82) is 0 Å². The van der Waals surface area contributed by atoms with Gasteiger partial charge in [0.15, 0.2) is 0 Å². The molecule has 2 fully saturated rings. The molecule has 2 N–H and O–H groups in total. The van der Waals surface area contributed by atoms with E-state index >= 15 is 0 Å². The zero-order valence-electron chi connectivity index (χ0n) is 11.5. The Hall–Kier alpha value is -0.950. The highest BCUT2D eigenvalue weighted by atomic mass is 32.2. The Kier molecular flexibility index (Phi) is 3.81. The Morgan fingerprint density at radius 3 is 2.85 bits per heavy atom. The second kappa shape index (κ2) is 5.44. The fourth-order valence-electron chi connectivity index (χ4n) is 3.06. The van der Waals surface area contributed by atoms with Gasteiger partial charge in [-0.3, -0.25) is 0 Å². The van der Waals surface area contributed by atoms with Crippen LogP contribution in [0.3, 0.4) is 0 Å². The molecule has 2 aliphatic rings. The summed E-state index contributed by atoms with van der Waals surface area (Å²) in [5, 5.41) is 3.02. The van der Waals surface area contributed by atoms with Gasteiger partial charge in [0.05, 0.1) is 23.1 Å². The largest absolute Gasteiger partial charge is 0.373 e. The lowest BCUT2D eigenvalue weighted by atomic mass is 9.96. The number of benzene rings is 1. The Morgan fingerprint density at radius 1 is 1.35 bits per heavy atom. The summed E-state index contributed by atoms with van der Waals surface area (Å²) in [6.07, 6.45) is 3.09. The van der Waals surface area contributed by atoms with E-state index in [0.29, 0.717) is 11.4 Å². The third-order valence-corrected chi connectivity index (χ3v) is 5.49. The molecule has 2 saturated heterocycles. The number of rotatable bonds is 5. The van der Waals surface area contributed by atoms with Gasteiger partial charge in [0.1, 0.15) is 0 Å². The smallest absolute Gasteiger partial charge is 0.240 e. The van der Waals surface area contributed by atoms with E-state index in [0.717, 1.165) is 24.8 Å². The molecule has 0 saturated carbocycles. The lowest BCUT2D eigenvalue weighted by Crippen LogP contribution is -2.41. The van der Waals surface area contributed by atoms with Crippen molar-refractivity contribution in [3.05, 3.63) is 29.8 Å². The number of hydrogen-bond acceptors (Lipinski definition) is 4. The van der Waals surface area contributed by atoms with Gasteiger partial charge in [-0.25, -0.2) is 13.1 Å². The molecule has 3 atom stereocenters. The maximum Gasteiger partial charge on any atom is 0.240 e. The highest BCUT2D eigenvalue weighted by molar-refractivity contribution is 7.89. The van der Waals surface area contributed by atoms with Gasteiger partial charge >= 0.3 is 0 Å². The topological polar surface area (TPSA) is 67.4 Å². The van der Waals surface area contributed by atoms with Gasteiger partial charge in [-0.1, -0.05) is 12.1 Å². The van der Waals surface area contributed by atoms with E-state index in [2.05, 4.69) is 10.0 Å². The van der Waals surface area contributed by atoms with Crippen molar-refractivity contribution in [3.63, 3.8) is 0 Å². The van der Waals surface area contributed by atoms with Crippen LogP contribution in [-0.2, 0) is 21.3 Å². The van der Waals surface area contributed by atoms with Gasteiger partial charge in [-0.15, -0.1) is 0 Å². The van der Waals surface area contributed by atoms with Crippen molar-refractivity contribution < 1.29 is 13.2 Å². The standard InChI is InChI=1S/C14H20N2O3S/c1-15-9-10-3-2-4-12(7-10)20(17,18)16-13-8-11-5-6-14(13)19-11/h2-4,7,11,13-16H,5-6,8-9H2,1H3. The van der Waals surface area contributed by atoms with E-state index in [-0.39, 0.29) is 18.2 Å². The number of ether oxygens (including phenoxy) is 1. The Balaban J connectivity index is 1.76. The first-order valence-electron chi connectivity index (χ1n) is 7.00. The summed E-state index contributed by atoms with van der Waals surface area (Å²) in [5.74, 6) is 0. The van der Waals surface area contributed by atoms with Gasteiger partial charge in [-0.2, -0.15) is 0 Å². The van der Waals surface area contributed by atoms with Crippen molar-refractivity contribution in [2.45, 2.75) is 49.0 Å². The quantitative estimate of drug-likeness (QED) is 0.851. The summed E-state index contributed by atoms with van der Waals surface area (Å²) in [5.41, 5.74) is 0.958. The van der Waals surface area contributed by atoms with Crippen LogP contribution in [0.15, 0.2) is 29.2 Å². The monoisotopic (exact) mass is 296 g/mol. The molecule has 20 heavy (non-hydrogen) atoms. The zero-order chi connectivity index (χ0) is 14.2. The average molecular weight is 296 g/mol. The Bertz CT molecular complexity index is 588. The summed E-state index contributed by atoms with van der Waals surface area (Å²) >= 11 is 0. The van der Waals surface area contributed by atoms with E-state index in [1.807, 2.05) is 13.1 Å². The minimum Gasteiger partial charge on any atom is -0.373 e. The highest BCUT2D eigenvalue weighted by Gasteiger charge is 2.42. The predicted octanol–water partition coefficient (Wildman–Crippen LogP) is 1.00. The minimum absolute atomic E-state index is 0.0512. The third-order valence-electron chi connectivity index (χ3n) is 4.00. The fourth-order valence-corrected chi connectivity index (χ4v) is 4.40. The molecule has 3 unspecified atom stereocenters. The fraction of sp³-hybridized carbons (Fsp3) is 0.571. The summed E-state index contributed by atoms with van der Waals surface area (Å²) in [6, 6.07) is 6.96. The summed E-state index contributed by atoms with van der Waals surface area (Å²) in [7, 11) is -1.63. The number of sulfonamides is 1. The van der Waals surface area contributed by atoms with Gasteiger partial charge in [-0.05, 0) is 44.0 Å². The number of hydrogen-bond donors (Lipinski definition) is 2. The molecule has 3 rings (SSSR count). The molecule has 1 aromatic rings. The minimum atomic E-state index is -3.46. The Labute approximate surface area is 119 Å². The third kappa shape index (κ3) is 2.74. The first-order valence-corrected chi connectivity index (χ1v) is 8.48. The van der Waals surface area contributed by atoms with Gasteiger partial charge in [0.25, 0.3) is 0 Å². The molecule has 0 amide bonds. The molecule has 0 radical (unpaired) electrons. The Morgan fingerprint density at radius 2 is 2.20 bits per heavy atom. The van der Waals surface area contributed by atoms with E-state index < -0.39 is 10.0 Å². The molecule has 0 aromatic heterocycles. The summed E-state index contributed by atoms with van der Waals surface area (Å²) in [6.45, 7) is 0.653. The van der Waals surface area contributed by atoms with E-state index in [9.17, 15) is 8.42 Å². The van der Waals surface area contributed by atoms with Crippen LogP contribution >= 0.6 is 0 Å². The molecule has 2 bridgehead atoms. The van der Waals surface area contributed by atoms with E-state index in [4.69, 9.17) is 4.74 Å². The first kappa shape index (κ1) is 14.0. The number of fused-ring (bicyclic) bond motifs is 2. The SMILES string of the molecule is CNCc1cccc(S(=O)(=O)NC2CC3CCC2O3)c1. The molecule has 0 aliphatic carbocycles. The molecule has 110 valence electrons. The van der Waals surface area contributed by atoms with Crippen LogP contribution in [-0.4, -0.2) is 33.7 Å². The molecular formula is C14H20N2O3S. The molecular weight excluding hydrogens is 276 g/mol. The first-order chi connectivity index (χ1) is 9.58. The average Bonchev–Trinajstić information content (AvgIpc) is 3.01. The van der Waals surface area contributed by atoms with Crippen molar-refractivity contribution in [3.8, 4) is 0 Å². The lowest BCUT2D eigenvalue weighted by molar-refractivity contribution is 0.0996. The maximum absolute atomic E-state index is 12.4. The van der Waals surface area contributed by atoms with Crippen LogP contribution in [0.5, 0.6) is 0 Å². The van der Waals surface area contributed by atoms with Crippen molar-refractivity contribution in [2.24, 2.45) is 0 Å². The van der Waals surface area contributed by atoms with Crippen LogP contribution < -0.4 is 10.0 Å². The highest BCUT2D eigenvalue weighted by Crippen LogP contribution is 2.35. The molecule has 6 heteroatoms. The van der Waals surface area contributed by atoms with Gasteiger partial charge < -0.3 is 10.1 Å². The van der Waals surface area contributed by atoms with E-state index in [1.54, 1.807) is 18.2 Å². The van der Waals surface area contributed by atoms with Crippen molar-refractivity contribution in [2.75, 3.05) is 7.05 Å². The normalized spacial score (nSPS) is 28.9. The predicted molar refractivity (Wildman–Crippen MR) is 75.8 cm³/mol. The summed E-state index contributed by atoms with van der Waals surface area (Å²) < 4.78 is 33.4. The molecule has 1 aromatic carbocycles. The molecule has 0 spiro atoms. The zero-order valence-corrected chi connectivity index (χ0v) is 12.3. The maximum atomic E-state index is 12.4. The lowest BCUT2D eigenvalue weighted by Gasteiger charge is -2.20. The molecule has 2 aliphatic heterocycles. The van der Waals surface area contributed by atoms with Crippen LogP contribution in [0, 0.1) is 0 Å². The second-order valence-electron chi connectivity index (χ2n) is 5.52. The van der Waals surface area contributed by atoms with Crippen LogP contribution in [0.1, 0.15) is 24.8 Å². The molecule has 2 heterocycles. The van der Waals surface area contributed by atoms with Gasteiger partial charge in [0.2, 0.25) is 10.0 Å². The van der Waals surface area contributed by atoms with Gasteiger partial charge in [0, 0.05) is 6.54 Å². The number of nitrogens with one attached hydrogen (secondary N) is 2. The van der Waals surface area contributed by atoms with Crippen LogP contribution in [0.2, 0.25) is 0 Å².